The lowest BCUT2D eigenvalue weighted by Crippen LogP contribution is -2.32. The van der Waals surface area contributed by atoms with E-state index in [0.29, 0.717) is 35.8 Å². The fourth-order valence-corrected chi connectivity index (χ4v) is 3.06. The van der Waals surface area contributed by atoms with Crippen LogP contribution >= 0.6 is 0 Å². The second-order valence-electron chi connectivity index (χ2n) is 6.92. The van der Waals surface area contributed by atoms with Crippen molar-refractivity contribution in [3.8, 4) is 17.1 Å². The molecule has 2 N–H and O–H groups in total. The van der Waals surface area contributed by atoms with Gasteiger partial charge in [-0.25, -0.2) is 4.98 Å². The predicted molar refractivity (Wildman–Crippen MR) is 111 cm³/mol. The Bertz CT molecular complexity index is 1040. The fourth-order valence-electron chi connectivity index (χ4n) is 3.06. The first-order chi connectivity index (χ1) is 13.9. The number of nitrogens with zero attached hydrogens (tertiary/aromatic N) is 2. The van der Waals surface area contributed by atoms with Crippen molar-refractivity contribution in [2.75, 3.05) is 13.2 Å². The van der Waals surface area contributed by atoms with Gasteiger partial charge in [0.15, 0.2) is 0 Å². The first-order valence-electron chi connectivity index (χ1n) is 9.40. The van der Waals surface area contributed by atoms with Crippen LogP contribution in [0.5, 0.6) is 5.75 Å². The molecule has 0 aliphatic carbocycles. The first kappa shape index (κ1) is 20.3. The number of aromatic amines is 1. The van der Waals surface area contributed by atoms with Gasteiger partial charge in [-0.2, -0.15) is 0 Å². The number of aromatic nitrogens is 3. The molecule has 0 atom stereocenters. The number of ether oxygens (including phenoxy) is 1. The number of benzene rings is 1. The number of hydrogen-bond acceptors (Lipinski definition) is 5. The van der Waals surface area contributed by atoms with E-state index in [1.165, 1.54) is 0 Å². The van der Waals surface area contributed by atoms with Crippen molar-refractivity contribution < 1.29 is 9.53 Å². The molecule has 0 spiro atoms. The minimum Gasteiger partial charge on any atom is -0.492 e. The first-order valence-corrected chi connectivity index (χ1v) is 9.40. The number of hydrogen-bond donors (Lipinski definition) is 2. The standard InChI is InChI=1S/C22H24N4O3/c1-14-9-15(2)11-18(10-14)29-8-7-24-20(27)12-19-16(3)25-21(26-22(19)28)17-5-4-6-23-13-17/h4-6,9-11,13H,7-8,12H2,1-3H3,(H,24,27)(H,25,26,28). The van der Waals surface area contributed by atoms with Gasteiger partial charge in [-0.15, -0.1) is 0 Å². The topological polar surface area (TPSA) is 97.0 Å². The van der Waals surface area contributed by atoms with E-state index in [0.717, 1.165) is 16.9 Å². The third-order valence-corrected chi connectivity index (χ3v) is 4.38. The second kappa shape index (κ2) is 9.14. The molecule has 0 unspecified atom stereocenters. The van der Waals surface area contributed by atoms with Crippen LogP contribution in [0.25, 0.3) is 11.4 Å². The number of rotatable bonds is 7. The third kappa shape index (κ3) is 5.51. The van der Waals surface area contributed by atoms with Crippen LogP contribution in [0, 0.1) is 20.8 Å². The molecule has 0 fully saturated rings. The quantitative estimate of drug-likeness (QED) is 0.602. The Kier molecular flexibility index (Phi) is 6.39. The highest BCUT2D eigenvalue weighted by Crippen LogP contribution is 2.16. The molecule has 0 aliphatic heterocycles. The van der Waals surface area contributed by atoms with Gasteiger partial charge in [-0.1, -0.05) is 6.07 Å². The Morgan fingerprint density at radius 3 is 2.59 bits per heavy atom. The van der Waals surface area contributed by atoms with Crippen LogP contribution < -0.4 is 15.6 Å². The lowest BCUT2D eigenvalue weighted by Gasteiger charge is -2.10. The Labute approximate surface area is 169 Å². The zero-order valence-corrected chi connectivity index (χ0v) is 16.8. The van der Waals surface area contributed by atoms with Gasteiger partial charge < -0.3 is 15.0 Å². The van der Waals surface area contributed by atoms with Crippen LogP contribution in [-0.2, 0) is 11.2 Å². The van der Waals surface area contributed by atoms with Crippen molar-refractivity contribution in [3.05, 3.63) is 75.5 Å². The molecule has 0 aliphatic rings. The maximum Gasteiger partial charge on any atom is 0.255 e. The monoisotopic (exact) mass is 392 g/mol. The van der Waals surface area contributed by atoms with Crippen LogP contribution in [0.15, 0.2) is 47.5 Å². The zero-order chi connectivity index (χ0) is 20.8. The smallest absolute Gasteiger partial charge is 0.255 e. The highest BCUT2D eigenvalue weighted by molar-refractivity contribution is 5.78. The van der Waals surface area contributed by atoms with Crippen molar-refractivity contribution in [2.45, 2.75) is 27.2 Å². The van der Waals surface area contributed by atoms with E-state index < -0.39 is 0 Å². The number of nitrogens with one attached hydrogen (secondary N) is 2. The Hall–Kier alpha value is -3.48. The van der Waals surface area contributed by atoms with Crippen molar-refractivity contribution >= 4 is 5.91 Å². The molecular formula is C22H24N4O3. The molecule has 1 aromatic carbocycles. The summed E-state index contributed by atoms with van der Waals surface area (Å²) in [5, 5.41) is 2.78. The van der Waals surface area contributed by atoms with E-state index in [2.05, 4.69) is 26.3 Å². The van der Waals surface area contributed by atoms with Gasteiger partial charge in [0.05, 0.1) is 13.0 Å². The van der Waals surface area contributed by atoms with E-state index in [9.17, 15) is 9.59 Å². The van der Waals surface area contributed by atoms with E-state index in [1.54, 1.807) is 25.4 Å². The minimum absolute atomic E-state index is 0.0367. The summed E-state index contributed by atoms with van der Waals surface area (Å²) in [7, 11) is 0. The molecule has 7 heteroatoms. The van der Waals surface area contributed by atoms with Gasteiger partial charge >= 0.3 is 0 Å². The molecular weight excluding hydrogens is 368 g/mol. The van der Waals surface area contributed by atoms with Gasteiger partial charge in [0.1, 0.15) is 18.2 Å². The highest BCUT2D eigenvalue weighted by atomic mass is 16.5. The molecule has 0 saturated carbocycles. The average Bonchev–Trinajstić information content (AvgIpc) is 2.68. The molecule has 2 aromatic heterocycles. The number of pyridine rings is 1. The van der Waals surface area contributed by atoms with Gasteiger partial charge in [-0.3, -0.25) is 14.6 Å². The van der Waals surface area contributed by atoms with Gasteiger partial charge in [0.2, 0.25) is 5.91 Å². The Morgan fingerprint density at radius 1 is 1.17 bits per heavy atom. The summed E-state index contributed by atoms with van der Waals surface area (Å²) in [4.78, 5) is 35.8. The van der Waals surface area contributed by atoms with Crippen molar-refractivity contribution in [3.63, 3.8) is 0 Å². The van der Waals surface area contributed by atoms with Crippen LogP contribution in [0.2, 0.25) is 0 Å². The van der Waals surface area contributed by atoms with Gasteiger partial charge in [-0.05, 0) is 56.2 Å². The summed E-state index contributed by atoms with van der Waals surface area (Å²) in [6.45, 7) is 6.44. The van der Waals surface area contributed by atoms with Crippen molar-refractivity contribution in [2.24, 2.45) is 0 Å². The number of carbonyl (C=O) groups excluding carboxylic acids is 1. The Balaban J connectivity index is 1.56. The number of carbonyl (C=O) groups is 1. The average molecular weight is 392 g/mol. The van der Waals surface area contributed by atoms with Gasteiger partial charge in [0, 0.05) is 29.2 Å². The van der Waals surface area contributed by atoms with Gasteiger partial charge in [0.25, 0.3) is 5.56 Å². The maximum absolute atomic E-state index is 12.4. The van der Waals surface area contributed by atoms with Crippen molar-refractivity contribution in [1.29, 1.82) is 0 Å². The third-order valence-electron chi connectivity index (χ3n) is 4.38. The lowest BCUT2D eigenvalue weighted by molar-refractivity contribution is -0.120. The molecule has 29 heavy (non-hydrogen) atoms. The molecule has 0 saturated heterocycles. The Morgan fingerprint density at radius 2 is 1.93 bits per heavy atom. The zero-order valence-electron chi connectivity index (χ0n) is 16.8. The molecule has 1 amide bonds. The number of aryl methyl sites for hydroxylation is 3. The summed E-state index contributed by atoms with van der Waals surface area (Å²) in [6, 6.07) is 9.56. The molecule has 2 heterocycles. The summed E-state index contributed by atoms with van der Waals surface area (Å²) in [5.74, 6) is 0.962. The highest BCUT2D eigenvalue weighted by Gasteiger charge is 2.13. The number of amides is 1. The summed E-state index contributed by atoms with van der Waals surface area (Å²) < 4.78 is 5.68. The molecule has 3 aromatic rings. The van der Waals surface area contributed by atoms with Crippen LogP contribution in [0.4, 0.5) is 0 Å². The SMILES string of the molecule is Cc1cc(C)cc(OCCNC(=O)Cc2c(C)nc(-c3cccnc3)[nH]c2=O)c1. The van der Waals surface area contributed by atoms with Crippen LogP contribution in [0.1, 0.15) is 22.4 Å². The van der Waals surface area contributed by atoms with Crippen LogP contribution in [0.3, 0.4) is 0 Å². The van der Waals surface area contributed by atoms with E-state index >= 15 is 0 Å². The second-order valence-corrected chi connectivity index (χ2v) is 6.92. The fraction of sp³-hybridized carbons (Fsp3) is 0.273. The molecule has 7 nitrogen and oxygen atoms in total. The van der Waals surface area contributed by atoms with E-state index in [1.807, 2.05) is 32.0 Å². The summed E-state index contributed by atoms with van der Waals surface area (Å²) in [5.41, 5.74) is 3.52. The molecule has 0 radical (unpaired) electrons. The predicted octanol–water partition coefficient (Wildman–Crippen LogP) is 2.49. The maximum atomic E-state index is 12.4. The minimum atomic E-state index is -0.321. The molecule has 150 valence electrons. The van der Waals surface area contributed by atoms with E-state index in [4.69, 9.17) is 4.74 Å². The van der Waals surface area contributed by atoms with E-state index in [-0.39, 0.29) is 17.9 Å². The molecule has 0 bridgehead atoms. The molecule has 3 rings (SSSR count). The van der Waals surface area contributed by atoms with Crippen molar-refractivity contribution in [1.82, 2.24) is 20.3 Å². The lowest BCUT2D eigenvalue weighted by atomic mass is 10.1. The normalized spacial score (nSPS) is 10.6. The van der Waals surface area contributed by atoms with Crippen LogP contribution in [-0.4, -0.2) is 34.0 Å². The largest absolute Gasteiger partial charge is 0.492 e. The summed E-state index contributed by atoms with van der Waals surface area (Å²) >= 11 is 0. The summed E-state index contributed by atoms with van der Waals surface area (Å²) in [6.07, 6.45) is 3.24. The number of H-pyrrole nitrogens is 1.